The number of nitrogens with one attached hydrogen (secondary N) is 1. The fourth-order valence-corrected chi connectivity index (χ4v) is 4.17. The molecular formula is C20H32N6O2. The number of carbonyl (C=O) groups is 2. The fourth-order valence-electron chi connectivity index (χ4n) is 4.17. The van der Waals surface area contributed by atoms with E-state index in [1.54, 1.807) is 0 Å². The molecule has 0 saturated carbocycles. The Morgan fingerprint density at radius 1 is 1.25 bits per heavy atom. The van der Waals surface area contributed by atoms with Gasteiger partial charge in [-0.1, -0.05) is 20.8 Å². The summed E-state index contributed by atoms with van der Waals surface area (Å²) in [7, 11) is 0. The standard InChI is InChI=1S/C20H32N6O2/c1-12(2)26-16(20(3,4)5)14-15(18(26)28)23-19(24-17(14)21)22-9-7-11-25-10-6-8-13(25)27/h12,16H,6-11H2,1-5H3,(H3,21,22,23,24). The predicted molar refractivity (Wildman–Crippen MR) is 109 cm³/mol. The zero-order chi connectivity index (χ0) is 20.6. The lowest BCUT2D eigenvalue weighted by Crippen LogP contribution is -2.40. The molecule has 0 aromatic carbocycles. The minimum Gasteiger partial charge on any atom is -0.383 e. The number of amides is 2. The average molecular weight is 389 g/mol. The van der Waals surface area contributed by atoms with Gasteiger partial charge in [-0.2, -0.15) is 4.98 Å². The Hall–Kier alpha value is -2.38. The second-order valence-electron chi connectivity index (χ2n) is 9.03. The highest BCUT2D eigenvalue weighted by Gasteiger charge is 2.47. The maximum Gasteiger partial charge on any atom is 0.273 e. The number of fused-ring (bicyclic) bond motifs is 1. The number of nitrogen functional groups attached to an aromatic ring is 1. The molecule has 1 saturated heterocycles. The molecule has 1 fully saturated rings. The third-order valence-electron chi connectivity index (χ3n) is 5.40. The molecule has 2 aliphatic rings. The first kappa shape index (κ1) is 20.4. The first-order valence-electron chi connectivity index (χ1n) is 10.1. The number of rotatable bonds is 6. The van der Waals surface area contributed by atoms with Gasteiger partial charge in [-0.25, -0.2) is 4.98 Å². The third kappa shape index (κ3) is 3.77. The number of nitrogens with two attached hydrogens (primary N) is 1. The maximum atomic E-state index is 13.0. The number of likely N-dealkylation sites (tertiary alicyclic amines) is 1. The van der Waals surface area contributed by atoms with E-state index < -0.39 is 0 Å². The molecule has 0 aliphatic carbocycles. The topological polar surface area (TPSA) is 104 Å². The van der Waals surface area contributed by atoms with Gasteiger partial charge in [-0.3, -0.25) is 9.59 Å². The van der Waals surface area contributed by atoms with Crippen molar-refractivity contribution < 1.29 is 9.59 Å². The van der Waals surface area contributed by atoms with E-state index in [1.165, 1.54) is 0 Å². The lowest BCUT2D eigenvalue weighted by molar-refractivity contribution is -0.127. The first-order chi connectivity index (χ1) is 13.1. The minimum atomic E-state index is -0.181. The van der Waals surface area contributed by atoms with Gasteiger partial charge < -0.3 is 20.9 Å². The predicted octanol–water partition coefficient (Wildman–Crippen LogP) is 2.43. The summed E-state index contributed by atoms with van der Waals surface area (Å²) >= 11 is 0. The summed E-state index contributed by atoms with van der Waals surface area (Å²) < 4.78 is 0. The summed E-state index contributed by atoms with van der Waals surface area (Å²) in [5, 5.41) is 3.16. The van der Waals surface area contributed by atoms with Crippen molar-refractivity contribution in [3.8, 4) is 0 Å². The maximum absolute atomic E-state index is 13.0. The molecular weight excluding hydrogens is 356 g/mol. The van der Waals surface area contributed by atoms with Crippen molar-refractivity contribution in [2.24, 2.45) is 5.41 Å². The van der Waals surface area contributed by atoms with Crippen molar-refractivity contribution in [2.75, 3.05) is 30.7 Å². The Labute approximate surface area is 166 Å². The van der Waals surface area contributed by atoms with Crippen LogP contribution >= 0.6 is 0 Å². The van der Waals surface area contributed by atoms with Crippen LogP contribution in [0.4, 0.5) is 11.8 Å². The lowest BCUT2D eigenvalue weighted by atomic mass is 9.82. The van der Waals surface area contributed by atoms with Crippen LogP contribution < -0.4 is 11.1 Å². The van der Waals surface area contributed by atoms with Gasteiger partial charge in [0.1, 0.15) is 11.5 Å². The van der Waals surface area contributed by atoms with Gasteiger partial charge in [0.25, 0.3) is 5.91 Å². The highest BCUT2D eigenvalue weighted by molar-refractivity contribution is 5.99. The average Bonchev–Trinajstić information content (AvgIpc) is 3.13. The normalized spacial score (nSPS) is 19.7. The van der Waals surface area contributed by atoms with E-state index in [2.05, 4.69) is 36.1 Å². The van der Waals surface area contributed by atoms with Crippen molar-refractivity contribution in [1.29, 1.82) is 0 Å². The quantitative estimate of drug-likeness (QED) is 0.725. The lowest BCUT2D eigenvalue weighted by Gasteiger charge is -2.37. The van der Waals surface area contributed by atoms with Crippen LogP contribution in [0, 0.1) is 5.41 Å². The highest BCUT2D eigenvalue weighted by atomic mass is 16.2. The molecule has 0 spiro atoms. The molecule has 28 heavy (non-hydrogen) atoms. The van der Waals surface area contributed by atoms with Crippen LogP contribution in [0.5, 0.6) is 0 Å². The van der Waals surface area contributed by atoms with Crippen LogP contribution in [0.3, 0.4) is 0 Å². The summed E-state index contributed by atoms with van der Waals surface area (Å²) in [4.78, 5) is 37.4. The van der Waals surface area contributed by atoms with E-state index >= 15 is 0 Å². The zero-order valence-corrected chi connectivity index (χ0v) is 17.6. The SMILES string of the molecule is CC(C)N1C(=O)c2nc(NCCCN3CCCC3=O)nc(N)c2C1C(C)(C)C. The number of nitrogens with zero attached hydrogens (tertiary/aromatic N) is 4. The molecule has 0 radical (unpaired) electrons. The molecule has 2 amide bonds. The van der Waals surface area contributed by atoms with Crippen molar-refractivity contribution in [3.63, 3.8) is 0 Å². The Morgan fingerprint density at radius 3 is 2.54 bits per heavy atom. The van der Waals surface area contributed by atoms with Crippen molar-refractivity contribution in [2.45, 2.75) is 66.0 Å². The molecule has 8 nitrogen and oxygen atoms in total. The van der Waals surface area contributed by atoms with Crippen molar-refractivity contribution >= 4 is 23.6 Å². The number of aromatic nitrogens is 2. The molecule has 3 N–H and O–H groups in total. The van der Waals surface area contributed by atoms with Gasteiger partial charge in [-0.05, 0) is 32.1 Å². The molecule has 1 unspecified atom stereocenters. The summed E-state index contributed by atoms with van der Waals surface area (Å²) in [5.41, 5.74) is 7.24. The summed E-state index contributed by atoms with van der Waals surface area (Å²) in [6.07, 6.45) is 2.39. The van der Waals surface area contributed by atoms with Gasteiger partial charge in [-0.15, -0.1) is 0 Å². The minimum absolute atomic E-state index is 0.0414. The summed E-state index contributed by atoms with van der Waals surface area (Å²) in [6.45, 7) is 12.5. The first-order valence-corrected chi connectivity index (χ1v) is 10.1. The molecule has 1 aromatic heterocycles. The van der Waals surface area contributed by atoms with Gasteiger partial charge in [0.05, 0.1) is 6.04 Å². The number of hydrogen-bond acceptors (Lipinski definition) is 6. The van der Waals surface area contributed by atoms with Crippen LogP contribution in [-0.2, 0) is 4.79 Å². The van der Waals surface area contributed by atoms with Crippen LogP contribution in [-0.4, -0.2) is 57.3 Å². The third-order valence-corrected chi connectivity index (χ3v) is 5.40. The Bertz CT molecular complexity index is 771. The van der Waals surface area contributed by atoms with Gasteiger partial charge >= 0.3 is 0 Å². The van der Waals surface area contributed by atoms with Gasteiger partial charge in [0.15, 0.2) is 0 Å². The Balaban J connectivity index is 1.75. The molecule has 2 aliphatic heterocycles. The largest absolute Gasteiger partial charge is 0.383 e. The number of hydrogen-bond donors (Lipinski definition) is 2. The summed E-state index contributed by atoms with van der Waals surface area (Å²) in [6, 6.07) is -0.107. The molecule has 3 heterocycles. The van der Waals surface area contributed by atoms with E-state index in [0.29, 0.717) is 30.4 Å². The van der Waals surface area contributed by atoms with E-state index in [4.69, 9.17) is 5.73 Å². The molecule has 3 rings (SSSR count). The van der Waals surface area contributed by atoms with Crippen LogP contribution in [0.25, 0.3) is 0 Å². The summed E-state index contributed by atoms with van der Waals surface area (Å²) in [5.74, 6) is 0.865. The van der Waals surface area contributed by atoms with Crippen LogP contribution in [0.15, 0.2) is 0 Å². The smallest absolute Gasteiger partial charge is 0.273 e. The second-order valence-corrected chi connectivity index (χ2v) is 9.03. The van der Waals surface area contributed by atoms with Crippen LogP contribution in [0.1, 0.15) is 76.0 Å². The van der Waals surface area contributed by atoms with Crippen molar-refractivity contribution in [3.05, 3.63) is 11.3 Å². The van der Waals surface area contributed by atoms with Crippen LogP contribution in [0.2, 0.25) is 0 Å². The monoisotopic (exact) mass is 388 g/mol. The highest BCUT2D eigenvalue weighted by Crippen LogP contribution is 2.47. The van der Waals surface area contributed by atoms with E-state index in [9.17, 15) is 9.59 Å². The number of carbonyl (C=O) groups excluding carboxylic acids is 2. The van der Waals surface area contributed by atoms with E-state index in [1.807, 2.05) is 23.6 Å². The van der Waals surface area contributed by atoms with E-state index in [-0.39, 0.29) is 29.3 Å². The molecule has 8 heteroatoms. The van der Waals surface area contributed by atoms with Crippen molar-refractivity contribution in [1.82, 2.24) is 19.8 Å². The Kier molecular flexibility index (Phi) is 5.50. The Morgan fingerprint density at radius 2 is 1.96 bits per heavy atom. The zero-order valence-electron chi connectivity index (χ0n) is 17.6. The van der Waals surface area contributed by atoms with E-state index in [0.717, 1.165) is 31.5 Å². The molecule has 154 valence electrons. The fraction of sp³-hybridized carbons (Fsp3) is 0.700. The second kappa shape index (κ2) is 7.56. The molecule has 0 bridgehead atoms. The number of anilines is 2. The van der Waals surface area contributed by atoms with Gasteiger partial charge in [0, 0.05) is 37.7 Å². The van der Waals surface area contributed by atoms with Gasteiger partial charge in [0.2, 0.25) is 11.9 Å². The molecule has 1 aromatic rings. The molecule has 1 atom stereocenters.